The van der Waals surface area contributed by atoms with Crippen LogP contribution in [-0.2, 0) is 31.4 Å². The fraction of sp³-hybridized carbons (Fsp3) is 0.381. The van der Waals surface area contributed by atoms with Gasteiger partial charge in [-0.2, -0.15) is 5.10 Å². The van der Waals surface area contributed by atoms with Crippen LogP contribution >= 0.6 is 0 Å². The molecule has 1 aromatic carbocycles. The van der Waals surface area contributed by atoms with Gasteiger partial charge in [-0.05, 0) is 36.6 Å². The van der Waals surface area contributed by atoms with E-state index in [0.29, 0.717) is 17.5 Å². The first-order valence-corrected chi connectivity index (χ1v) is 12.2. The van der Waals surface area contributed by atoms with Crippen LogP contribution in [0.5, 0.6) is 0 Å². The van der Waals surface area contributed by atoms with Gasteiger partial charge in [0.25, 0.3) is 21.5 Å². The van der Waals surface area contributed by atoms with Gasteiger partial charge in [0.2, 0.25) is 0 Å². The lowest BCUT2D eigenvalue weighted by Crippen LogP contribution is -2.56. The molecule has 0 aliphatic rings. The molecule has 0 saturated heterocycles. The molecule has 12 nitrogen and oxygen atoms in total. The second-order valence-electron chi connectivity index (χ2n) is 7.91. The number of fused-ring (bicyclic) bond motifs is 1. The number of aromatic amines is 1. The van der Waals surface area contributed by atoms with Gasteiger partial charge in [0.15, 0.2) is 0 Å². The lowest BCUT2D eigenvalue weighted by molar-refractivity contribution is -0.145. The zero-order valence-corrected chi connectivity index (χ0v) is 20.2. The average Bonchev–Trinajstić information content (AvgIpc) is 3.14. The number of H-pyrrole nitrogens is 1. The Morgan fingerprint density at radius 1 is 1.24 bits per heavy atom. The van der Waals surface area contributed by atoms with Crippen molar-refractivity contribution < 1.29 is 22.7 Å². The van der Waals surface area contributed by atoms with Crippen LogP contribution in [0.1, 0.15) is 38.7 Å². The molecule has 0 radical (unpaired) electrons. The topological polar surface area (TPSA) is 153 Å². The van der Waals surface area contributed by atoms with Crippen LogP contribution in [0.2, 0.25) is 0 Å². The third-order valence-electron chi connectivity index (χ3n) is 5.08. The lowest BCUT2D eigenvalue weighted by atomic mass is 9.93. The number of sulfonamides is 1. The number of carbonyl (C=O) groups excluding carboxylic acids is 2. The fourth-order valence-electron chi connectivity index (χ4n) is 3.62. The molecule has 1 N–H and O–H groups in total. The Morgan fingerprint density at radius 2 is 1.91 bits per heavy atom. The van der Waals surface area contributed by atoms with Crippen molar-refractivity contribution in [2.45, 2.75) is 33.1 Å². The molecule has 2 heterocycles. The highest BCUT2D eigenvalue weighted by molar-refractivity contribution is 7.92. The zero-order valence-electron chi connectivity index (χ0n) is 19.4. The standard InChI is InChI=1S/C21H25N5O7S/c1-6-33-19(28)11-18(27)26(34(5,31)32)25-20(29)15-9-14(17-7-8-22-24(17)4)13(12(2)3)10-16(15)23-21(25)30/h7-10,12H,6,11H2,1-5H3,(H,23,30). The summed E-state index contributed by atoms with van der Waals surface area (Å²) in [5.74, 6) is -2.29. The van der Waals surface area contributed by atoms with E-state index in [1.54, 1.807) is 30.1 Å². The number of nitrogens with zero attached hydrogens (tertiary/aromatic N) is 4. The van der Waals surface area contributed by atoms with Crippen molar-refractivity contribution in [3.63, 3.8) is 0 Å². The normalized spacial score (nSPS) is 11.7. The smallest absolute Gasteiger partial charge is 0.349 e. The Hall–Kier alpha value is -3.74. The van der Waals surface area contributed by atoms with Crippen molar-refractivity contribution in [1.29, 1.82) is 0 Å². The first-order valence-electron chi connectivity index (χ1n) is 10.4. The van der Waals surface area contributed by atoms with Crippen molar-refractivity contribution in [1.82, 2.24) is 19.4 Å². The molecule has 34 heavy (non-hydrogen) atoms. The van der Waals surface area contributed by atoms with E-state index in [4.69, 9.17) is 0 Å². The second-order valence-corrected chi connectivity index (χ2v) is 9.72. The second kappa shape index (κ2) is 9.25. The van der Waals surface area contributed by atoms with Crippen LogP contribution in [-0.4, -0.2) is 52.6 Å². The van der Waals surface area contributed by atoms with E-state index in [1.165, 1.54) is 13.0 Å². The molecule has 0 aliphatic heterocycles. The summed E-state index contributed by atoms with van der Waals surface area (Å²) in [5.41, 5.74) is 0.153. The Bertz CT molecular complexity index is 1500. The van der Waals surface area contributed by atoms with Crippen molar-refractivity contribution in [2.75, 3.05) is 17.3 Å². The van der Waals surface area contributed by atoms with Crippen LogP contribution in [0.25, 0.3) is 22.2 Å². The predicted octanol–water partition coefficient (Wildman–Crippen LogP) is 0.591. The van der Waals surface area contributed by atoms with Gasteiger partial charge in [0.1, 0.15) is 6.42 Å². The molecule has 0 spiro atoms. The quantitative estimate of drug-likeness (QED) is 0.372. The van der Waals surface area contributed by atoms with Gasteiger partial charge in [-0.25, -0.2) is 13.2 Å². The summed E-state index contributed by atoms with van der Waals surface area (Å²) in [6.45, 7) is 5.37. The number of esters is 1. The Balaban J connectivity index is 2.32. The molecule has 13 heteroatoms. The summed E-state index contributed by atoms with van der Waals surface area (Å²) in [6, 6.07) is 4.91. The minimum Gasteiger partial charge on any atom is -0.466 e. The molecule has 0 bridgehead atoms. The van der Waals surface area contributed by atoms with Gasteiger partial charge < -0.3 is 9.72 Å². The van der Waals surface area contributed by atoms with Crippen LogP contribution in [0.15, 0.2) is 34.0 Å². The molecular weight excluding hydrogens is 466 g/mol. The van der Waals surface area contributed by atoms with Gasteiger partial charge >= 0.3 is 11.7 Å². The molecule has 0 unspecified atom stereocenters. The molecular formula is C21H25N5O7S. The highest BCUT2D eigenvalue weighted by Crippen LogP contribution is 2.31. The summed E-state index contributed by atoms with van der Waals surface area (Å²) >= 11 is 0. The van der Waals surface area contributed by atoms with E-state index in [0.717, 1.165) is 5.56 Å². The van der Waals surface area contributed by atoms with Gasteiger partial charge in [-0.1, -0.05) is 13.8 Å². The van der Waals surface area contributed by atoms with Crippen molar-refractivity contribution in [3.05, 3.63) is 50.8 Å². The maximum atomic E-state index is 13.4. The third kappa shape index (κ3) is 4.64. The van der Waals surface area contributed by atoms with Crippen LogP contribution in [0, 0.1) is 0 Å². The summed E-state index contributed by atoms with van der Waals surface area (Å²) in [6.07, 6.45) is 1.26. The van der Waals surface area contributed by atoms with E-state index in [2.05, 4.69) is 14.8 Å². The molecule has 2 aromatic heterocycles. The largest absolute Gasteiger partial charge is 0.466 e. The number of aromatic nitrogens is 4. The van der Waals surface area contributed by atoms with E-state index in [1.807, 2.05) is 13.8 Å². The van der Waals surface area contributed by atoms with Crippen molar-refractivity contribution >= 4 is 32.8 Å². The fourth-order valence-corrected chi connectivity index (χ4v) is 4.50. The van der Waals surface area contributed by atoms with E-state index >= 15 is 0 Å². The molecule has 1 amide bonds. The van der Waals surface area contributed by atoms with Gasteiger partial charge in [-0.3, -0.25) is 19.1 Å². The maximum Gasteiger partial charge on any atom is 0.349 e. The number of benzene rings is 1. The SMILES string of the molecule is CCOC(=O)CC(=O)N(n1c(=O)[nH]c2cc(C(C)C)c(-c3ccnn3C)cc2c1=O)S(C)(=O)=O. The van der Waals surface area contributed by atoms with Crippen LogP contribution in [0.4, 0.5) is 0 Å². The minimum atomic E-state index is -4.47. The Morgan fingerprint density at radius 3 is 2.44 bits per heavy atom. The van der Waals surface area contributed by atoms with E-state index in [-0.39, 0.29) is 32.5 Å². The summed E-state index contributed by atoms with van der Waals surface area (Å²) in [7, 11) is -2.74. The highest BCUT2D eigenvalue weighted by Gasteiger charge is 2.31. The number of ether oxygens (including phenoxy) is 1. The zero-order chi connectivity index (χ0) is 25.4. The average molecular weight is 492 g/mol. The van der Waals surface area contributed by atoms with E-state index < -0.39 is 39.6 Å². The van der Waals surface area contributed by atoms with Gasteiger partial charge in [0.05, 0.1) is 29.5 Å². The highest BCUT2D eigenvalue weighted by atomic mass is 32.2. The molecule has 0 fully saturated rings. The van der Waals surface area contributed by atoms with Crippen LogP contribution in [0.3, 0.4) is 0 Å². The number of nitrogens with one attached hydrogen (secondary N) is 1. The molecule has 0 saturated carbocycles. The number of hydrogen-bond donors (Lipinski definition) is 1. The first kappa shape index (κ1) is 24.9. The third-order valence-corrected chi connectivity index (χ3v) is 6.07. The number of carbonyl (C=O) groups is 2. The number of amides is 1. The molecule has 3 rings (SSSR count). The van der Waals surface area contributed by atoms with Crippen molar-refractivity contribution in [3.8, 4) is 11.3 Å². The first-order chi connectivity index (χ1) is 15.9. The van der Waals surface area contributed by atoms with Crippen LogP contribution < -0.4 is 15.7 Å². The maximum absolute atomic E-state index is 13.4. The summed E-state index contributed by atoms with van der Waals surface area (Å²) < 4.78 is 31.3. The number of hydrogen-bond acceptors (Lipinski definition) is 8. The molecule has 182 valence electrons. The number of aryl methyl sites for hydroxylation is 1. The number of rotatable bonds is 7. The molecule has 3 aromatic rings. The van der Waals surface area contributed by atoms with Gasteiger partial charge in [-0.15, -0.1) is 9.09 Å². The lowest BCUT2D eigenvalue weighted by Gasteiger charge is -2.21. The minimum absolute atomic E-state index is 0.00930. The molecule has 0 atom stereocenters. The molecule has 0 aliphatic carbocycles. The predicted molar refractivity (Wildman–Crippen MR) is 124 cm³/mol. The Kier molecular flexibility index (Phi) is 6.77. The summed E-state index contributed by atoms with van der Waals surface area (Å²) in [4.78, 5) is 53.1. The van der Waals surface area contributed by atoms with E-state index in [9.17, 15) is 27.6 Å². The summed E-state index contributed by atoms with van der Waals surface area (Å²) in [5, 5.41) is 4.12. The monoisotopic (exact) mass is 491 g/mol. The van der Waals surface area contributed by atoms with Crippen molar-refractivity contribution in [2.24, 2.45) is 7.05 Å². The van der Waals surface area contributed by atoms with Gasteiger partial charge in [0, 0.05) is 18.8 Å². The Labute approximate surface area is 194 Å².